The van der Waals surface area contributed by atoms with Crippen LogP contribution in [-0.4, -0.2) is 74.9 Å². The van der Waals surface area contributed by atoms with Gasteiger partial charge in [0.05, 0.1) is 27.7 Å². The van der Waals surface area contributed by atoms with Gasteiger partial charge in [-0.1, -0.05) is 271 Å². The van der Waals surface area contributed by atoms with Crippen molar-refractivity contribution in [2.75, 3.05) is 47.5 Å². The van der Waals surface area contributed by atoms with Gasteiger partial charge in [-0.05, 0) is 154 Å². The fourth-order valence-corrected chi connectivity index (χ4v) is 9.03. The zero-order chi connectivity index (χ0) is 65.5. The van der Waals surface area contributed by atoms with Crippen LogP contribution in [0.2, 0.25) is 0 Å². The fraction of sp³-hybridized carbons (Fsp3) is 0.525. The molecule has 0 aliphatic rings. The van der Waals surface area contributed by atoms with Crippen molar-refractivity contribution in [3.8, 4) is 0 Å². The van der Waals surface area contributed by atoms with Crippen molar-refractivity contribution in [3.05, 3.63) is 219 Å². The average Bonchev–Trinajstić information content (AvgIpc) is 3.61. The Morgan fingerprint density at radius 2 is 0.600 bits per heavy atom. The van der Waals surface area contributed by atoms with E-state index in [4.69, 9.17) is 18.5 Å². The summed E-state index contributed by atoms with van der Waals surface area (Å²) in [5.41, 5.74) is 0. The van der Waals surface area contributed by atoms with Gasteiger partial charge in [0.2, 0.25) is 0 Å². The number of allylic oxidation sites excluding steroid dienone is 36. The molecule has 0 spiro atoms. The molecule has 0 amide bonds. The molecule has 2 atom stereocenters. The zero-order valence-electron chi connectivity index (χ0n) is 57.0. The lowest BCUT2D eigenvalue weighted by Gasteiger charge is -2.24. The maximum absolute atomic E-state index is 12.9. The third-order valence-electron chi connectivity index (χ3n) is 13.5. The van der Waals surface area contributed by atoms with E-state index in [9.17, 15) is 19.0 Å². The van der Waals surface area contributed by atoms with Gasteiger partial charge in [-0.2, -0.15) is 0 Å². The molecule has 0 saturated carbocycles. The number of ether oxygens (including phenoxy) is 2. The topological polar surface area (TPSA) is 108 Å². The SMILES string of the molecule is CC/C=C\C/C=C\C/C=C\C/C=C\C/C=C\C/C=C\C/C=C\C/C=C\C/C=C\C/C=C\CCCCCCC(=O)OC(COC(=O)CCCCCCCC/C=C\C/C=C\C/C=C\C/C=C\C/C=C\C/C=C\C/C=C\C/C=C\CC)COP(=O)(O)OCC[N+](C)(C)C. The molecule has 0 rings (SSSR count). The first-order valence-electron chi connectivity index (χ1n) is 34.5. The van der Waals surface area contributed by atoms with Crippen molar-refractivity contribution in [3.63, 3.8) is 0 Å². The van der Waals surface area contributed by atoms with Gasteiger partial charge in [0, 0.05) is 12.8 Å². The lowest BCUT2D eigenvalue weighted by molar-refractivity contribution is -0.870. The molecular weight excluding hydrogens is 1130 g/mol. The summed E-state index contributed by atoms with van der Waals surface area (Å²) in [4.78, 5) is 35.9. The van der Waals surface area contributed by atoms with Crippen LogP contribution in [0.3, 0.4) is 0 Å². The molecule has 0 fully saturated rings. The van der Waals surface area contributed by atoms with E-state index >= 15 is 0 Å². The number of esters is 2. The highest BCUT2D eigenvalue weighted by atomic mass is 31.2. The number of unbranched alkanes of at least 4 members (excludes halogenated alkanes) is 10. The Balaban J connectivity index is 4.27. The first-order valence-corrected chi connectivity index (χ1v) is 36.0. The predicted molar refractivity (Wildman–Crippen MR) is 389 cm³/mol. The summed E-state index contributed by atoms with van der Waals surface area (Å²) in [6, 6.07) is 0. The summed E-state index contributed by atoms with van der Waals surface area (Å²) in [5.74, 6) is -0.863. The average molecular weight is 1260 g/mol. The molecule has 502 valence electrons. The Hall–Kier alpha value is -5.67. The molecule has 90 heavy (non-hydrogen) atoms. The number of hydrogen-bond acceptors (Lipinski definition) is 7. The number of carbonyl (C=O) groups excluding carboxylic acids is 2. The maximum atomic E-state index is 12.9. The summed E-state index contributed by atoms with van der Waals surface area (Å²) in [7, 11) is 1.41. The highest BCUT2D eigenvalue weighted by molar-refractivity contribution is 7.47. The molecule has 10 heteroatoms. The van der Waals surface area contributed by atoms with Crippen LogP contribution in [0, 0.1) is 0 Å². The Labute approximate surface area is 550 Å². The van der Waals surface area contributed by atoms with Gasteiger partial charge < -0.3 is 18.9 Å². The quantitative estimate of drug-likeness (QED) is 0.0211. The van der Waals surface area contributed by atoms with Crippen molar-refractivity contribution in [1.29, 1.82) is 0 Å². The number of nitrogens with zero attached hydrogens (tertiary/aromatic N) is 1. The Kier molecular flexibility index (Phi) is 63.4. The maximum Gasteiger partial charge on any atom is 0.472 e. The monoisotopic (exact) mass is 1260 g/mol. The number of hydrogen-bond donors (Lipinski definition) is 1. The molecule has 0 aliphatic carbocycles. The van der Waals surface area contributed by atoms with Crippen LogP contribution >= 0.6 is 7.82 Å². The first kappa shape index (κ1) is 84.3. The van der Waals surface area contributed by atoms with E-state index < -0.39 is 32.5 Å². The summed E-state index contributed by atoms with van der Waals surface area (Å²) in [5, 5.41) is 0. The van der Waals surface area contributed by atoms with E-state index in [1.807, 2.05) is 21.1 Å². The second-order valence-corrected chi connectivity index (χ2v) is 24.5. The molecule has 9 nitrogen and oxygen atoms in total. The van der Waals surface area contributed by atoms with E-state index in [2.05, 4.69) is 233 Å². The van der Waals surface area contributed by atoms with Gasteiger partial charge in [0.25, 0.3) is 0 Å². The lowest BCUT2D eigenvalue weighted by atomic mass is 10.1. The van der Waals surface area contributed by atoms with Gasteiger partial charge in [-0.15, -0.1) is 0 Å². The fourth-order valence-electron chi connectivity index (χ4n) is 8.29. The van der Waals surface area contributed by atoms with Crippen LogP contribution in [0.25, 0.3) is 0 Å². The molecule has 0 bridgehead atoms. The molecule has 2 unspecified atom stereocenters. The standard InChI is InChI=1S/C80H124NO8P/c1-6-8-10-12-14-16-18-20-22-24-26-28-30-32-34-36-38-39-40-41-43-45-47-49-51-53-55-57-59-61-63-65-67-69-71-73-80(83)89-78(77-88-90(84,85)87-75-74-81(3,4)5)76-86-79(82)72-70-68-66-64-62-60-58-56-54-52-50-48-46-44-42-37-35-33-31-29-27-25-23-21-19-17-15-13-11-9-7-2/h8-11,14-17,20-23,26-29,32-35,38-39,41-44,47-50,53-56,59,61,78H,6-7,12-13,18-19,24-25,30-31,36-37,40,45-46,51-52,57-58,60,62-77H2,1-5H3/p+1/b10-8-,11-9-,16-14-,17-15-,22-20-,23-21-,28-26-,29-27-,34-32-,35-33-,39-38-,43-41-,44-42-,49-47-,50-48-,55-53-,56-54-,61-59-. The number of quaternary nitrogens is 1. The molecule has 1 N–H and O–H groups in total. The summed E-state index contributed by atoms with van der Waals surface area (Å²) in [6.45, 7) is 4.12. The molecule has 0 saturated heterocycles. The van der Waals surface area contributed by atoms with Gasteiger partial charge >= 0.3 is 19.8 Å². The number of phosphoric acid groups is 1. The molecule has 0 radical (unpaired) electrons. The summed E-state index contributed by atoms with van der Waals surface area (Å²) >= 11 is 0. The van der Waals surface area contributed by atoms with E-state index in [-0.39, 0.29) is 26.1 Å². The van der Waals surface area contributed by atoms with Gasteiger partial charge in [-0.25, -0.2) is 4.57 Å². The number of rotatable bonds is 60. The smallest absolute Gasteiger partial charge is 0.462 e. The van der Waals surface area contributed by atoms with Crippen molar-refractivity contribution in [2.45, 2.75) is 225 Å². The highest BCUT2D eigenvalue weighted by Gasteiger charge is 2.27. The Bertz CT molecular complexity index is 2320. The van der Waals surface area contributed by atoms with Crippen molar-refractivity contribution >= 4 is 19.8 Å². The van der Waals surface area contributed by atoms with Crippen molar-refractivity contribution in [2.24, 2.45) is 0 Å². The van der Waals surface area contributed by atoms with Crippen molar-refractivity contribution < 1.29 is 42.1 Å². The third-order valence-corrected chi connectivity index (χ3v) is 14.5. The minimum Gasteiger partial charge on any atom is -0.462 e. The van der Waals surface area contributed by atoms with Gasteiger partial charge in [0.15, 0.2) is 6.10 Å². The summed E-state index contributed by atoms with van der Waals surface area (Å²) in [6.07, 6.45) is 109. The van der Waals surface area contributed by atoms with E-state index in [1.54, 1.807) is 0 Å². The van der Waals surface area contributed by atoms with Crippen LogP contribution in [0.15, 0.2) is 219 Å². The largest absolute Gasteiger partial charge is 0.472 e. The number of likely N-dealkylation sites (N-methyl/N-ethyl adjacent to an activating group) is 1. The van der Waals surface area contributed by atoms with Crippen LogP contribution in [-0.2, 0) is 32.7 Å². The molecule has 0 aliphatic heterocycles. The number of phosphoric ester groups is 1. The Morgan fingerprint density at radius 1 is 0.344 bits per heavy atom. The van der Waals surface area contributed by atoms with E-state index in [1.165, 1.54) is 0 Å². The predicted octanol–water partition coefficient (Wildman–Crippen LogP) is 22.8. The van der Waals surface area contributed by atoms with Crippen LogP contribution < -0.4 is 0 Å². The minimum absolute atomic E-state index is 0.0103. The third kappa shape index (κ3) is 71.4. The van der Waals surface area contributed by atoms with Crippen molar-refractivity contribution in [1.82, 2.24) is 0 Å². The summed E-state index contributed by atoms with van der Waals surface area (Å²) < 4.78 is 34.6. The van der Waals surface area contributed by atoms with Crippen LogP contribution in [0.1, 0.15) is 219 Å². The Morgan fingerprint density at radius 3 is 0.889 bits per heavy atom. The van der Waals surface area contributed by atoms with Crippen LogP contribution in [0.4, 0.5) is 0 Å². The second kappa shape index (κ2) is 67.7. The number of carbonyl (C=O) groups is 2. The molecule has 0 aromatic rings. The molecular formula is C80H125NO8P+. The first-order chi connectivity index (χ1) is 44.0. The van der Waals surface area contributed by atoms with Gasteiger partial charge in [0.1, 0.15) is 19.8 Å². The zero-order valence-corrected chi connectivity index (χ0v) is 57.9. The molecule has 0 aromatic carbocycles. The lowest BCUT2D eigenvalue weighted by Crippen LogP contribution is -2.37. The van der Waals surface area contributed by atoms with Crippen LogP contribution in [0.5, 0.6) is 0 Å². The van der Waals surface area contributed by atoms with E-state index in [0.29, 0.717) is 23.9 Å². The molecule has 0 aromatic heterocycles. The highest BCUT2D eigenvalue weighted by Crippen LogP contribution is 2.43. The second-order valence-electron chi connectivity index (χ2n) is 23.1. The van der Waals surface area contributed by atoms with Gasteiger partial charge in [-0.3, -0.25) is 18.6 Å². The minimum atomic E-state index is -4.42. The molecule has 0 heterocycles. The normalized spacial score (nSPS) is 14.5. The van der Waals surface area contributed by atoms with E-state index in [0.717, 1.165) is 180 Å².